The number of nitrogens with zero attached hydrogens (tertiary/aromatic N) is 2. The molecule has 0 saturated carbocycles. The van der Waals surface area contributed by atoms with E-state index in [0.717, 1.165) is 5.52 Å². The molecule has 0 fully saturated rings. The Balaban J connectivity index is 2.60. The van der Waals surface area contributed by atoms with E-state index in [4.69, 9.17) is 11.6 Å². The molecule has 2 rings (SSSR count). The highest BCUT2D eigenvalue weighted by Crippen LogP contribution is 2.17. The Morgan fingerprint density at radius 2 is 2.36 bits per heavy atom. The zero-order valence-electron chi connectivity index (χ0n) is 7.70. The highest BCUT2D eigenvalue weighted by Gasteiger charge is 2.09. The number of Topliss-reactive ketones (excluding diaryl/α,β-unsaturated/α-hetero) is 1. The third-order valence-corrected chi connectivity index (χ3v) is 2.26. The summed E-state index contributed by atoms with van der Waals surface area (Å²) in [5, 5.41) is 0.446. The van der Waals surface area contributed by atoms with Gasteiger partial charge in [0.05, 0.1) is 11.9 Å². The maximum Gasteiger partial charge on any atom is 0.155 e. The Kier molecular flexibility index (Phi) is 2.25. The van der Waals surface area contributed by atoms with Gasteiger partial charge in [-0.2, -0.15) is 0 Å². The summed E-state index contributed by atoms with van der Waals surface area (Å²) in [6.45, 7) is 1.54. The van der Waals surface area contributed by atoms with Crippen molar-refractivity contribution < 1.29 is 4.79 Å². The van der Waals surface area contributed by atoms with Gasteiger partial charge in [-0.05, 0) is 19.1 Å². The molecule has 0 N–H and O–H groups in total. The molecule has 0 atom stereocenters. The summed E-state index contributed by atoms with van der Waals surface area (Å²) >= 11 is 5.92. The molecule has 2 aromatic rings. The lowest BCUT2D eigenvalue weighted by molar-refractivity contribution is -0.116. The standard InChI is InChI=1S/C10H9ClN2O/c1-7(14)6-9-12-10(11)8-4-2-3-5-13(8)9/h2-5H,6H2,1H3. The molecular weight excluding hydrogens is 200 g/mol. The first-order valence-electron chi connectivity index (χ1n) is 4.29. The predicted molar refractivity (Wildman–Crippen MR) is 54.6 cm³/mol. The van der Waals surface area contributed by atoms with Crippen LogP contribution in [0.5, 0.6) is 0 Å². The Morgan fingerprint density at radius 3 is 3.07 bits per heavy atom. The first kappa shape index (κ1) is 9.21. The Hall–Kier alpha value is -1.35. The molecule has 0 saturated heterocycles. The average Bonchev–Trinajstić information content (AvgIpc) is 2.44. The summed E-state index contributed by atoms with van der Waals surface area (Å²) in [4.78, 5) is 15.1. The van der Waals surface area contributed by atoms with Gasteiger partial charge in [0, 0.05) is 6.20 Å². The second-order valence-electron chi connectivity index (χ2n) is 3.15. The van der Waals surface area contributed by atoms with Crippen LogP contribution < -0.4 is 0 Å². The third-order valence-electron chi connectivity index (χ3n) is 1.98. The summed E-state index contributed by atoms with van der Waals surface area (Å²) in [5.74, 6) is 0.774. The van der Waals surface area contributed by atoms with Crippen LogP contribution in [0.2, 0.25) is 5.15 Å². The van der Waals surface area contributed by atoms with Gasteiger partial charge in [0.2, 0.25) is 0 Å². The minimum atomic E-state index is 0.0809. The van der Waals surface area contributed by atoms with E-state index < -0.39 is 0 Å². The summed E-state index contributed by atoms with van der Waals surface area (Å²) in [6, 6.07) is 5.65. The number of ketones is 1. The second-order valence-corrected chi connectivity index (χ2v) is 3.51. The quantitative estimate of drug-likeness (QED) is 0.758. The molecule has 0 aliphatic rings. The fourth-order valence-electron chi connectivity index (χ4n) is 1.41. The lowest BCUT2D eigenvalue weighted by atomic mass is 10.3. The topological polar surface area (TPSA) is 34.4 Å². The minimum absolute atomic E-state index is 0.0809. The van der Waals surface area contributed by atoms with Crippen LogP contribution in [-0.2, 0) is 11.2 Å². The number of hydrogen-bond donors (Lipinski definition) is 0. The van der Waals surface area contributed by atoms with E-state index in [1.54, 1.807) is 0 Å². The predicted octanol–water partition coefficient (Wildman–Crippen LogP) is 2.12. The van der Waals surface area contributed by atoms with Crippen LogP contribution in [0.4, 0.5) is 0 Å². The summed E-state index contributed by atoms with van der Waals surface area (Å²) in [6.07, 6.45) is 2.17. The van der Waals surface area contributed by atoms with E-state index in [2.05, 4.69) is 4.98 Å². The summed E-state index contributed by atoms with van der Waals surface area (Å²) in [7, 11) is 0. The van der Waals surface area contributed by atoms with Gasteiger partial charge in [-0.25, -0.2) is 4.98 Å². The van der Waals surface area contributed by atoms with Gasteiger partial charge < -0.3 is 4.40 Å². The summed E-state index contributed by atoms with van der Waals surface area (Å²) in [5.41, 5.74) is 0.838. The highest BCUT2D eigenvalue weighted by molar-refractivity contribution is 6.32. The lowest BCUT2D eigenvalue weighted by Gasteiger charge is -1.96. The maximum absolute atomic E-state index is 11.0. The van der Waals surface area contributed by atoms with Crippen LogP contribution in [0, 0.1) is 0 Å². The number of hydrogen-bond acceptors (Lipinski definition) is 2. The van der Waals surface area contributed by atoms with Crippen molar-refractivity contribution >= 4 is 22.9 Å². The van der Waals surface area contributed by atoms with Crippen LogP contribution >= 0.6 is 11.6 Å². The number of aromatic nitrogens is 2. The zero-order chi connectivity index (χ0) is 10.1. The van der Waals surface area contributed by atoms with E-state index >= 15 is 0 Å². The molecule has 72 valence electrons. The normalized spacial score (nSPS) is 10.7. The summed E-state index contributed by atoms with van der Waals surface area (Å²) < 4.78 is 1.84. The van der Waals surface area contributed by atoms with Crippen LogP contribution in [-0.4, -0.2) is 15.2 Å². The molecule has 0 amide bonds. The number of halogens is 1. The van der Waals surface area contributed by atoms with E-state index in [9.17, 15) is 4.79 Å². The first-order chi connectivity index (χ1) is 6.68. The van der Waals surface area contributed by atoms with Crippen molar-refractivity contribution in [1.82, 2.24) is 9.38 Å². The van der Waals surface area contributed by atoms with E-state index in [1.807, 2.05) is 28.8 Å². The van der Waals surface area contributed by atoms with Gasteiger partial charge in [0.25, 0.3) is 0 Å². The molecule has 0 radical (unpaired) electrons. The van der Waals surface area contributed by atoms with Crippen molar-refractivity contribution in [1.29, 1.82) is 0 Å². The highest BCUT2D eigenvalue weighted by atomic mass is 35.5. The van der Waals surface area contributed by atoms with Gasteiger partial charge in [0.15, 0.2) is 5.15 Å². The Morgan fingerprint density at radius 1 is 1.57 bits per heavy atom. The number of pyridine rings is 1. The zero-order valence-corrected chi connectivity index (χ0v) is 8.45. The van der Waals surface area contributed by atoms with Gasteiger partial charge in [-0.15, -0.1) is 0 Å². The number of imidazole rings is 1. The monoisotopic (exact) mass is 208 g/mol. The van der Waals surface area contributed by atoms with Crippen LogP contribution in [0.15, 0.2) is 24.4 Å². The van der Waals surface area contributed by atoms with E-state index in [1.165, 1.54) is 6.92 Å². The van der Waals surface area contributed by atoms with Gasteiger partial charge >= 0.3 is 0 Å². The van der Waals surface area contributed by atoms with Crippen molar-refractivity contribution in [3.05, 3.63) is 35.4 Å². The number of fused-ring (bicyclic) bond motifs is 1. The molecule has 4 heteroatoms. The number of carbonyl (C=O) groups excluding carboxylic acids is 1. The molecular formula is C10H9ClN2O. The van der Waals surface area contributed by atoms with Crippen molar-refractivity contribution in [3.63, 3.8) is 0 Å². The lowest BCUT2D eigenvalue weighted by Crippen LogP contribution is -2.01. The molecule has 0 aliphatic heterocycles. The second kappa shape index (κ2) is 3.42. The maximum atomic E-state index is 11.0. The fourth-order valence-corrected chi connectivity index (χ4v) is 1.66. The molecule has 2 aromatic heterocycles. The fraction of sp³-hybridized carbons (Fsp3) is 0.200. The van der Waals surface area contributed by atoms with Crippen molar-refractivity contribution in [2.75, 3.05) is 0 Å². The number of carbonyl (C=O) groups is 1. The van der Waals surface area contributed by atoms with E-state index in [-0.39, 0.29) is 5.78 Å². The molecule has 3 nitrogen and oxygen atoms in total. The van der Waals surface area contributed by atoms with Crippen molar-refractivity contribution in [2.24, 2.45) is 0 Å². The molecule has 0 aromatic carbocycles. The molecule has 0 aliphatic carbocycles. The first-order valence-corrected chi connectivity index (χ1v) is 4.67. The smallest absolute Gasteiger partial charge is 0.155 e. The van der Waals surface area contributed by atoms with Gasteiger partial charge in [0.1, 0.15) is 11.6 Å². The largest absolute Gasteiger partial charge is 0.302 e. The number of rotatable bonds is 2. The molecule has 0 bridgehead atoms. The van der Waals surface area contributed by atoms with Crippen LogP contribution in [0.1, 0.15) is 12.7 Å². The SMILES string of the molecule is CC(=O)Cc1nc(Cl)c2ccccn12. The van der Waals surface area contributed by atoms with Crippen molar-refractivity contribution in [2.45, 2.75) is 13.3 Å². The van der Waals surface area contributed by atoms with Crippen LogP contribution in [0.25, 0.3) is 5.52 Å². The average molecular weight is 209 g/mol. The van der Waals surface area contributed by atoms with Gasteiger partial charge in [-0.1, -0.05) is 17.7 Å². The third kappa shape index (κ3) is 1.51. The van der Waals surface area contributed by atoms with E-state index in [0.29, 0.717) is 17.4 Å². The molecule has 14 heavy (non-hydrogen) atoms. The Labute approximate surface area is 86.3 Å². The molecule has 0 unspecified atom stereocenters. The Bertz CT molecular complexity index is 490. The van der Waals surface area contributed by atoms with Crippen molar-refractivity contribution in [3.8, 4) is 0 Å². The van der Waals surface area contributed by atoms with Crippen LogP contribution in [0.3, 0.4) is 0 Å². The molecule has 2 heterocycles. The van der Waals surface area contributed by atoms with Gasteiger partial charge in [-0.3, -0.25) is 4.79 Å². The minimum Gasteiger partial charge on any atom is -0.302 e. The molecule has 0 spiro atoms.